The van der Waals surface area contributed by atoms with E-state index in [9.17, 15) is 9.59 Å². The highest BCUT2D eigenvalue weighted by Crippen LogP contribution is 2.20. The fourth-order valence-electron chi connectivity index (χ4n) is 1.78. The van der Waals surface area contributed by atoms with E-state index < -0.39 is 5.97 Å². The smallest absolute Gasteiger partial charge is 0.311 e. The first-order chi connectivity index (χ1) is 10.5. The Bertz CT molecular complexity index is 668. The molecule has 0 saturated heterocycles. The van der Waals surface area contributed by atoms with Crippen LogP contribution in [0.2, 0.25) is 5.02 Å². The van der Waals surface area contributed by atoms with Crippen molar-refractivity contribution >= 4 is 29.2 Å². The first-order valence-corrected chi connectivity index (χ1v) is 7.24. The number of amides is 1. The van der Waals surface area contributed by atoms with E-state index in [1.807, 2.05) is 19.1 Å². The van der Waals surface area contributed by atoms with E-state index in [-0.39, 0.29) is 18.7 Å². The number of anilines is 1. The Labute approximate surface area is 134 Å². The van der Waals surface area contributed by atoms with Crippen LogP contribution in [0, 0.1) is 6.92 Å². The van der Waals surface area contributed by atoms with Gasteiger partial charge in [0.2, 0.25) is 5.91 Å². The third-order valence-electron chi connectivity index (χ3n) is 2.96. The van der Waals surface area contributed by atoms with Crippen LogP contribution in [0.15, 0.2) is 48.5 Å². The van der Waals surface area contributed by atoms with Gasteiger partial charge in [-0.25, -0.2) is 0 Å². The third kappa shape index (κ3) is 4.90. The minimum atomic E-state index is -0.446. The number of hydrogen-bond donors (Lipinski definition) is 1. The van der Waals surface area contributed by atoms with Crippen molar-refractivity contribution in [1.82, 2.24) is 0 Å². The lowest BCUT2D eigenvalue weighted by Gasteiger charge is -2.07. The van der Waals surface area contributed by atoms with Crippen LogP contribution in [0.5, 0.6) is 5.75 Å². The highest BCUT2D eigenvalue weighted by molar-refractivity contribution is 6.33. The molecule has 0 fully saturated rings. The predicted octanol–water partition coefficient (Wildman–Crippen LogP) is 3.97. The molecule has 114 valence electrons. The lowest BCUT2D eigenvalue weighted by Crippen LogP contribution is -2.16. The number of hydrogen-bond acceptors (Lipinski definition) is 3. The molecule has 5 heteroatoms. The SMILES string of the molecule is Cc1ccc(OC(=O)CCC(=O)Nc2ccccc2Cl)cc1. The van der Waals surface area contributed by atoms with Crippen LogP contribution in [-0.4, -0.2) is 11.9 Å². The van der Waals surface area contributed by atoms with Crippen molar-refractivity contribution in [1.29, 1.82) is 0 Å². The first kappa shape index (κ1) is 16.0. The highest BCUT2D eigenvalue weighted by atomic mass is 35.5. The number of halogens is 1. The molecular weight excluding hydrogens is 302 g/mol. The number of nitrogens with one attached hydrogen (secondary N) is 1. The van der Waals surface area contributed by atoms with Gasteiger partial charge in [0.05, 0.1) is 17.1 Å². The van der Waals surface area contributed by atoms with Gasteiger partial charge in [-0.3, -0.25) is 9.59 Å². The second kappa shape index (κ2) is 7.61. The van der Waals surface area contributed by atoms with Gasteiger partial charge in [0, 0.05) is 6.42 Å². The fraction of sp³-hybridized carbons (Fsp3) is 0.176. The lowest BCUT2D eigenvalue weighted by molar-refractivity contribution is -0.135. The molecule has 0 radical (unpaired) electrons. The van der Waals surface area contributed by atoms with Gasteiger partial charge in [-0.1, -0.05) is 41.4 Å². The Hall–Kier alpha value is -2.33. The number of rotatable bonds is 5. The molecule has 0 heterocycles. The zero-order valence-corrected chi connectivity index (χ0v) is 12.9. The maximum Gasteiger partial charge on any atom is 0.311 e. The number of benzene rings is 2. The molecule has 2 rings (SSSR count). The second-order valence-electron chi connectivity index (χ2n) is 4.82. The van der Waals surface area contributed by atoms with E-state index in [1.165, 1.54) is 0 Å². The minimum Gasteiger partial charge on any atom is -0.427 e. The molecule has 0 unspecified atom stereocenters. The number of carbonyl (C=O) groups excluding carboxylic acids is 2. The van der Waals surface area contributed by atoms with E-state index in [4.69, 9.17) is 16.3 Å². The minimum absolute atomic E-state index is 0.00413. The van der Waals surface area contributed by atoms with Crippen LogP contribution in [0.4, 0.5) is 5.69 Å². The number of ether oxygens (including phenoxy) is 1. The first-order valence-electron chi connectivity index (χ1n) is 6.86. The standard InChI is InChI=1S/C17H16ClNO3/c1-12-6-8-13(9-7-12)22-17(21)11-10-16(20)19-15-5-3-2-4-14(15)18/h2-9H,10-11H2,1H3,(H,19,20). The highest BCUT2D eigenvalue weighted by Gasteiger charge is 2.10. The van der Waals surface area contributed by atoms with Crippen molar-refractivity contribution in [3.8, 4) is 5.75 Å². The fourth-order valence-corrected chi connectivity index (χ4v) is 1.96. The van der Waals surface area contributed by atoms with Gasteiger partial charge in [0.1, 0.15) is 5.75 Å². The summed E-state index contributed by atoms with van der Waals surface area (Å²) < 4.78 is 5.15. The molecule has 22 heavy (non-hydrogen) atoms. The Morgan fingerprint density at radius 1 is 1.05 bits per heavy atom. The molecule has 0 aliphatic heterocycles. The van der Waals surface area contributed by atoms with Crippen LogP contribution in [0.3, 0.4) is 0 Å². The average molecular weight is 318 g/mol. The number of aryl methyl sites for hydroxylation is 1. The maximum absolute atomic E-state index is 11.8. The van der Waals surface area contributed by atoms with Crippen molar-refractivity contribution < 1.29 is 14.3 Å². The molecule has 0 atom stereocenters. The van der Waals surface area contributed by atoms with Crippen molar-refractivity contribution in [2.24, 2.45) is 0 Å². The van der Waals surface area contributed by atoms with Gasteiger partial charge in [-0.2, -0.15) is 0 Å². The normalized spacial score (nSPS) is 10.1. The number of para-hydroxylation sites is 1. The molecule has 1 N–H and O–H groups in total. The number of esters is 1. The van der Waals surface area contributed by atoms with E-state index in [2.05, 4.69) is 5.32 Å². The molecule has 0 aromatic heterocycles. The summed E-state index contributed by atoms with van der Waals surface area (Å²) >= 11 is 5.94. The molecule has 0 spiro atoms. The topological polar surface area (TPSA) is 55.4 Å². The van der Waals surface area contributed by atoms with Crippen molar-refractivity contribution in [3.05, 3.63) is 59.1 Å². The van der Waals surface area contributed by atoms with Gasteiger partial charge in [-0.15, -0.1) is 0 Å². The Balaban J connectivity index is 1.79. The zero-order chi connectivity index (χ0) is 15.9. The summed E-state index contributed by atoms with van der Waals surface area (Å²) in [6.07, 6.45) is 0.0417. The maximum atomic E-state index is 11.8. The summed E-state index contributed by atoms with van der Waals surface area (Å²) in [6, 6.07) is 14.1. The van der Waals surface area contributed by atoms with Gasteiger partial charge in [0.25, 0.3) is 0 Å². The Morgan fingerprint density at radius 3 is 2.41 bits per heavy atom. The molecule has 0 saturated carbocycles. The molecular formula is C17H16ClNO3. The zero-order valence-electron chi connectivity index (χ0n) is 12.1. The van der Waals surface area contributed by atoms with Crippen molar-refractivity contribution in [2.45, 2.75) is 19.8 Å². The number of carbonyl (C=O) groups is 2. The van der Waals surface area contributed by atoms with E-state index >= 15 is 0 Å². The summed E-state index contributed by atoms with van der Waals surface area (Å²) in [6.45, 7) is 1.95. The summed E-state index contributed by atoms with van der Waals surface area (Å²) in [7, 11) is 0. The monoisotopic (exact) mass is 317 g/mol. The van der Waals surface area contributed by atoms with Crippen LogP contribution in [0.1, 0.15) is 18.4 Å². The summed E-state index contributed by atoms with van der Waals surface area (Å²) in [5.74, 6) is -0.255. The molecule has 0 aliphatic rings. The van der Waals surface area contributed by atoms with Gasteiger partial charge in [0.15, 0.2) is 0 Å². The van der Waals surface area contributed by atoms with Crippen molar-refractivity contribution in [2.75, 3.05) is 5.32 Å². The second-order valence-corrected chi connectivity index (χ2v) is 5.22. The van der Waals surface area contributed by atoms with Crippen LogP contribution >= 0.6 is 11.6 Å². The molecule has 2 aromatic rings. The third-order valence-corrected chi connectivity index (χ3v) is 3.29. The lowest BCUT2D eigenvalue weighted by atomic mass is 10.2. The Morgan fingerprint density at radius 2 is 1.73 bits per heavy atom. The van der Waals surface area contributed by atoms with E-state index in [1.54, 1.807) is 36.4 Å². The van der Waals surface area contributed by atoms with Crippen LogP contribution < -0.4 is 10.1 Å². The molecule has 4 nitrogen and oxygen atoms in total. The molecule has 0 bridgehead atoms. The predicted molar refractivity (Wildman–Crippen MR) is 86.1 cm³/mol. The summed E-state index contributed by atoms with van der Waals surface area (Å²) in [5, 5.41) is 3.11. The summed E-state index contributed by atoms with van der Waals surface area (Å²) in [4.78, 5) is 23.5. The summed E-state index contributed by atoms with van der Waals surface area (Å²) in [5.41, 5.74) is 1.61. The largest absolute Gasteiger partial charge is 0.427 e. The average Bonchev–Trinajstić information content (AvgIpc) is 2.50. The van der Waals surface area contributed by atoms with Gasteiger partial charge in [-0.05, 0) is 31.2 Å². The van der Waals surface area contributed by atoms with E-state index in [0.29, 0.717) is 16.5 Å². The quantitative estimate of drug-likeness (QED) is 0.670. The van der Waals surface area contributed by atoms with Gasteiger partial charge < -0.3 is 10.1 Å². The van der Waals surface area contributed by atoms with Crippen LogP contribution in [-0.2, 0) is 9.59 Å². The Kier molecular flexibility index (Phi) is 5.55. The van der Waals surface area contributed by atoms with E-state index in [0.717, 1.165) is 5.56 Å². The van der Waals surface area contributed by atoms with Gasteiger partial charge >= 0.3 is 5.97 Å². The molecule has 1 amide bonds. The molecule has 0 aliphatic carbocycles. The van der Waals surface area contributed by atoms with Crippen LogP contribution in [0.25, 0.3) is 0 Å². The van der Waals surface area contributed by atoms with Crippen molar-refractivity contribution in [3.63, 3.8) is 0 Å². The molecule has 2 aromatic carbocycles.